The normalized spacial score (nSPS) is 16.1. The van der Waals surface area contributed by atoms with Crippen LogP contribution >= 0.6 is 0 Å². The maximum Gasteiger partial charge on any atom is 0.229 e. The molecule has 27 heavy (non-hydrogen) atoms. The summed E-state index contributed by atoms with van der Waals surface area (Å²) in [6, 6.07) is 18.0. The van der Waals surface area contributed by atoms with Gasteiger partial charge in [-0.25, -0.2) is 0 Å². The predicted octanol–water partition coefficient (Wildman–Crippen LogP) is 3.71. The van der Waals surface area contributed by atoms with E-state index in [2.05, 4.69) is 23.4 Å². The minimum absolute atomic E-state index is 0.0469. The number of ether oxygens (including phenoxy) is 1. The summed E-state index contributed by atoms with van der Waals surface area (Å²) < 4.78 is 10.5. The molecule has 5 heteroatoms. The number of carbonyl (C=O) groups excluding carboxylic acids is 1. The lowest BCUT2D eigenvalue weighted by atomic mass is 9.87. The van der Waals surface area contributed by atoms with Crippen LogP contribution in [0.4, 0.5) is 0 Å². The van der Waals surface area contributed by atoms with Gasteiger partial charge in [-0.15, -0.1) is 0 Å². The molecule has 1 amide bonds. The average molecular weight is 362 g/mol. The van der Waals surface area contributed by atoms with E-state index in [4.69, 9.17) is 9.26 Å². The van der Waals surface area contributed by atoms with Crippen LogP contribution in [-0.4, -0.2) is 29.6 Å². The minimum Gasteiger partial charge on any atom is -0.497 e. The van der Waals surface area contributed by atoms with Gasteiger partial charge in [-0.1, -0.05) is 41.6 Å². The van der Waals surface area contributed by atoms with Crippen molar-refractivity contribution in [1.82, 2.24) is 10.1 Å². The number of hydrogen-bond acceptors (Lipinski definition) is 4. The monoisotopic (exact) mass is 362 g/mol. The largest absolute Gasteiger partial charge is 0.497 e. The summed E-state index contributed by atoms with van der Waals surface area (Å²) in [5, 5.41) is 3.98. The van der Waals surface area contributed by atoms with Crippen LogP contribution in [0.15, 0.2) is 59.1 Å². The smallest absolute Gasteiger partial charge is 0.229 e. The van der Waals surface area contributed by atoms with Crippen LogP contribution in [0.3, 0.4) is 0 Å². The second-order valence-electron chi connectivity index (χ2n) is 6.82. The number of carbonyl (C=O) groups is 1. The number of nitrogens with zero attached hydrogens (tertiary/aromatic N) is 2. The summed E-state index contributed by atoms with van der Waals surface area (Å²) in [5.74, 6) is 1.56. The highest BCUT2D eigenvalue weighted by atomic mass is 16.5. The molecule has 3 aromatic rings. The van der Waals surface area contributed by atoms with Gasteiger partial charge < -0.3 is 14.2 Å². The van der Waals surface area contributed by atoms with E-state index < -0.39 is 0 Å². The van der Waals surface area contributed by atoms with Crippen LogP contribution in [-0.2, 0) is 17.6 Å². The van der Waals surface area contributed by atoms with E-state index in [1.807, 2.05) is 48.2 Å². The molecule has 0 bridgehead atoms. The summed E-state index contributed by atoms with van der Waals surface area (Å²) in [7, 11) is 1.66. The summed E-state index contributed by atoms with van der Waals surface area (Å²) in [6.07, 6.45) is 1.06. The fourth-order valence-corrected chi connectivity index (χ4v) is 3.74. The summed E-state index contributed by atoms with van der Waals surface area (Å²) in [4.78, 5) is 15.1. The summed E-state index contributed by atoms with van der Waals surface area (Å²) >= 11 is 0. The third-order valence-corrected chi connectivity index (χ3v) is 5.03. The second-order valence-corrected chi connectivity index (χ2v) is 6.82. The minimum atomic E-state index is -0.134. The standard InChI is InChI=1S/C22H22N2O3/c1-15-12-18(23-27-15)13-21(25)24-11-10-16-8-9-19(26-2)14-20(16)22(24)17-6-4-3-5-7-17/h3-9,12,14,22H,10-11,13H2,1-2H3. The Kier molecular flexibility index (Phi) is 4.67. The molecule has 0 saturated heterocycles. The first-order valence-corrected chi connectivity index (χ1v) is 9.09. The fourth-order valence-electron chi connectivity index (χ4n) is 3.74. The van der Waals surface area contributed by atoms with E-state index in [1.54, 1.807) is 7.11 Å². The highest BCUT2D eigenvalue weighted by Gasteiger charge is 2.32. The maximum absolute atomic E-state index is 13.1. The Labute approximate surface area is 158 Å². The molecule has 4 rings (SSSR count). The lowest BCUT2D eigenvalue weighted by Crippen LogP contribution is -2.41. The average Bonchev–Trinajstić information content (AvgIpc) is 3.11. The summed E-state index contributed by atoms with van der Waals surface area (Å²) in [5.41, 5.74) is 4.14. The highest BCUT2D eigenvalue weighted by molar-refractivity contribution is 5.80. The zero-order valence-electron chi connectivity index (χ0n) is 15.5. The van der Waals surface area contributed by atoms with Crippen LogP contribution in [0, 0.1) is 6.92 Å². The van der Waals surface area contributed by atoms with Crippen molar-refractivity contribution in [3.63, 3.8) is 0 Å². The van der Waals surface area contributed by atoms with Crippen LogP contribution in [0.5, 0.6) is 5.75 Å². The lowest BCUT2D eigenvalue weighted by Gasteiger charge is -2.38. The van der Waals surface area contributed by atoms with Crippen LogP contribution in [0.1, 0.15) is 34.2 Å². The lowest BCUT2D eigenvalue weighted by molar-refractivity contribution is -0.132. The first-order chi connectivity index (χ1) is 13.2. The molecule has 1 aromatic heterocycles. The molecular weight excluding hydrogens is 340 g/mol. The molecule has 1 atom stereocenters. The van der Waals surface area contributed by atoms with Gasteiger partial charge in [-0.05, 0) is 42.2 Å². The van der Waals surface area contributed by atoms with Crippen molar-refractivity contribution < 1.29 is 14.1 Å². The van der Waals surface area contributed by atoms with Gasteiger partial charge in [-0.2, -0.15) is 0 Å². The Balaban J connectivity index is 1.72. The van der Waals surface area contributed by atoms with E-state index in [-0.39, 0.29) is 18.4 Å². The topological polar surface area (TPSA) is 55.6 Å². The van der Waals surface area contributed by atoms with E-state index in [1.165, 1.54) is 5.56 Å². The SMILES string of the molecule is COc1ccc2c(c1)C(c1ccccc1)N(C(=O)Cc1cc(C)on1)CC2. The second kappa shape index (κ2) is 7.27. The van der Waals surface area contributed by atoms with Crippen molar-refractivity contribution in [2.24, 2.45) is 0 Å². The fraction of sp³-hybridized carbons (Fsp3) is 0.273. The van der Waals surface area contributed by atoms with E-state index in [9.17, 15) is 4.79 Å². The molecule has 0 N–H and O–H groups in total. The van der Waals surface area contributed by atoms with Gasteiger partial charge in [0.25, 0.3) is 0 Å². The van der Waals surface area contributed by atoms with Gasteiger partial charge in [0.2, 0.25) is 5.91 Å². The van der Waals surface area contributed by atoms with Crippen molar-refractivity contribution in [3.05, 3.63) is 82.7 Å². The van der Waals surface area contributed by atoms with E-state index in [0.717, 1.165) is 23.3 Å². The molecule has 0 aliphatic carbocycles. The van der Waals surface area contributed by atoms with Gasteiger partial charge in [0.15, 0.2) is 0 Å². The van der Waals surface area contributed by atoms with Crippen molar-refractivity contribution >= 4 is 5.91 Å². The Bertz CT molecular complexity index is 949. The number of aromatic nitrogens is 1. The highest BCUT2D eigenvalue weighted by Crippen LogP contribution is 2.37. The van der Waals surface area contributed by atoms with Crippen LogP contribution in [0.2, 0.25) is 0 Å². The molecule has 0 fully saturated rings. The van der Waals surface area contributed by atoms with Crippen molar-refractivity contribution in [2.45, 2.75) is 25.8 Å². The molecule has 0 radical (unpaired) electrons. The number of fused-ring (bicyclic) bond motifs is 1. The zero-order valence-corrected chi connectivity index (χ0v) is 15.5. The van der Waals surface area contributed by atoms with E-state index in [0.29, 0.717) is 18.0 Å². The number of rotatable bonds is 4. The number of hydrogen-bond donors (Lipinski definition) is 0. The molecule has 0 spiro atoms. The van der Waals surface area contributed by atoms with Crippen molar-refractivity contribution in [2.75, 3.05) is 13.7 Å². The molecule has 0 saturated carbocycles. The molecular formula is C22H22N2O3. The van der Waals surface area contributed by atoms with Gasteiger partial charge in [0.1, 0.15) is 11.5 Å². The number of benzene rings is 2. The molecule has 1 aliphatic heterocycles. The van der Waals surface area contributed by atoms with E-state index >= 15 is 0 Å². The third-order valence-electron chi connectivity index (χ3n) is 5.03. The van der Waals surface area contributed by atoms with Crippen molar-refractivity contribution in [1.29, 1.82) is 0 Å². The maximum atomic E-state index is 13.1. The number of methoxy groups -OCH3 is 1. The Morgan fingerprint density at radius 1 is 1.22 bits per heavy atom. The molecule has 2 heterocycles. The van der Waals surface area contributed by atoms with Crippen molar-refractivity contribution in [3.8, 4) is 5.75 Å². The van der Waals surface area contributed by atoms with Crippen LogP contribution in [0.25, 0.3) is 0 Å². The molecule has 2 aromatic carbocycles. The molecule has 138 valence electrons. The van der Waals surface area contributed by atoms with Gasteiger partial charge in [0.05, 0.1) is 25.3 Å². The quantitative estimate of drug-likeness (QED) is 0.710. The van der Waals surface area contributed by atoms with Crippen LogP contribution < -0.4 is 4.74 Å². The first-order valence-electron chi connectivity index (χ1n) is 9.09. The van der Waals surface area contributed by atoms with Gasteiger partial charge >= 0.3 is 0 Å². The Morgan fingerprint density at radius 2 is 2.04 bits per heavy atom. The first kappa shape index (κ1) is 17.3. The summed E-state index contributed by atoms with van der Waals surface area (Å²) in [6.45, 7) is 2.51. The molecule has 5 nitrogen and oxygen atoms in total. The Morgan fingerprint density at radius 3 is 2.74 bits per heavy atom. The zero-order chi connectivity index (χ0) is 18.8. The van der Waals surface area contributed by atoms with Gasteiger partial charge in [0, 0.05) is 12.6 Å². The molecule has 1 aliphatic rings. The predicted molar refractivity (Wildman–Crippen MR) is 102 cm³/mol. The number of aryl methyl sites for hydroxylation is 1. The third kappa shape index (κ3) is 3.45. The van der Waals surface area contributed by atoms with Gasteiger partial charge in [-0.3, -0.25) is 4.79 Å². The molecule has 1 unspecified atom stereocenters. The Hall–Kier alpha value is -3.08. The number of amides is 1.